The Labute approximate surface area is 103 Å². The van der Waals surface area contributed by atoms with Gasteiger partial charge in [-0.05, 0) is 17.7 Å². The number of aromatic amines is 1. The van der Waals surface area contributed by atoms with Crippen LogP contribution in [0.5, 0.6) is 0 Å². The van der Waals surface area contributed by atoms with E-state index in [-0.39, 0.29) is 11.7 Å². The van der Waals surface area contributed by atoms with Crippen molar-refractivity contribution < 1.29 is 4.79 Å². The lowest BCUT2D eigenvalue weighted by molar-refractivity contribution is 0.0946. The smallest absolute Gasteiger partial charge is 0.269 e. The molecule has 0 unspecified atom stereocenters. The Morgan fingerprint density at radius 3 is 2.72 bits per heavy atom. The van der Waals surface area contributed by atoms with Gasteiger partial charge in [-0.25, -0.2) is 0 Å². The van der Waals surface area contributed by atoms with Crippen LogP contribution in [0.2, 0.25) is 0 Å². The number of nitrogen functional groups attached to an aromatic ring is 1. The lowest BCUT2D eigenvalue weighted by Gasteiger charge is -2.03. The average molecular weight is 241 g/mol. The Bertz CT molecular complexity index is 594. The Morgan fingerprint density at radius 1 is 1.44 bits per heavy atom. The van der Waals surface area contributed by atoms with E-state index in [0.29, 0.717) is 17.8 Å². The summed E-state index contributed by atoms with van der Waals surface area (Å²) in [6.45, 7) is 0.378. The van der Waals surface area contributed by atoms with Crippen molar-refractivity contribution in [3.8, 4) is 6.07 Å². The molecule has 1 aromatic carbocycles. The Morgan fingerprint density at radius 2 is 2.17 bits per heavy atom. The molecule has 0 aliphatic rings. The van der Waals surface area contributed by atoms with E-state index < -0.39 is 0 Å². The van der Waals surface area contributed by atoms with E-state index in [9.17, 15) is 4.79 Å². The molecular formula is C12H11N5O. The first kappa shape index (κ1) is 11.7. The third kappa shape index (κ3) is 2.65. The van der Waals surface area contributed by atoms with Gasteiger partial charge in [-0.1, -0.05) is 12.1 Å². The van der Waals surface area contributed by atoms with Crippen LogP contribution >= 0.6 is 0 Å². The quantitative estimate of drug-likeness (QED) is 0.738. The van der Waals surface area contributed by atoms with E-state index in [1.807, 2.05) is 6.07 Å². The third-order valence-electron chi connectivity index (χ3n) is 2.38. The Balaban J connectivity index is 1.95. The van der Waals surface area contributed by atoms with Gasteiger partial charge in [0.15, 0.2) is 0 Å². The van der Waals surface area contributed by atoms with Gasteiger partial charge in [-0.15, -0.1) is 0 Å². The van der Waals surface area contributed by atoms with Gasteiger partial charge < -0.3 is 11.1 Å². The fourth-order valence-electron chi connectivity index (χ4n) is 1.43. The molecule has 2 rings (SSSR count). The first-order chi connectivity index (χ1) is 8.69. The predicted octanol–water partition coefficient (Wildman–Crippen LogP) is 0.794. The van der Waals surface area contributed by atoms with Crippen LogP contribution in [0, 0.1) is 11.3 Å². The Kier molecular flexibility index (Phi) is 3.25. The van der Waals surface area contributed by atoms with Crippen molar-refractivity contribution in [3.63, 3.8) is 0 Å². The molecule has 4 N–H and O–H groups in total. The number of nitrogens with zero attached hydrogens (tertiary/aromatic N) is 2. The molecule has 0 bridgehead atoms. The van der Waals surface area contributed by atoms with E-state index in [1.54, 1.807) is 24.3 Å². The largest absolute Gasteiger partial charge is 0.382 e. The zero-order valence-corrected chi connectivity index (χ0v) is 9.47. The molecule has 0 saturated carbocycles. The van der Waals surface area contributed by atoms with E-state index >= 15 is 0 Å². The number of carbonyl (C=O) groups is 1. The number of H-pyrrole nitrogens is 1. The number of amides is 1. The van der Waals surface area contributed by atoms with Crippen LogP contribution in [0.1, 0.15) is 21.6 Å². The molecular weight excluding hydrogens is 230 g/mol. The SMILES string of the molecule is N#Cc1ccc(CNC(=O)c2cc(N)n[nH]2)cc1. The highest BCUT2D eigenvalue weighted by atomic mass is 16.1. The fourth-order valence-corrected chi connectivity index (χ4v) is 1.43. The predicted molar refractivity (Wildman–Crippen MR) is 65.3 cm³/mol. The molecule has 1 heterocycles. The second kappa shape index (κ2) is 5.01. The summed E-state index contributed by atoms with van der Waals surface area (Å²) in [4.78, 5) is 11.7. The van der Waals surface area contributed by atoms with Gasteiger partial charge >= 0.3 is 0 Å². The summed E-state index contributed by atoms with van der Waals surface area (Å²) in [5, 5.41) is 17.6. The first-order valence-corrected chi connectivity index (χ1v) is 5.27. The molecule has 90 valence electrons. The van der Waals surface area contributed by atoms with Crippen LogP contribution < -0.4 is 11.1 Å². The maximum Gasteiger partial charge on any atom is 0.269 e. The second-order valence-electron chi connectivity index (χ2n) is 3.70. The molecule has 0 aliphatic heterocycles. The summed E-state index contributed by atoms with van der Waals surface area (Å²) in [6, 6.07) is 10.5. The van der Waals surface area contributed by atoms with Gasteiger partial charge in [0.2, 0.25) is 0 Å². The highest BCUT2D eigenvalue weighted by molar-refractivity contribution is 5.92. The molecule has 0 aliphatic carbocycles. The van der Waals surface area contributed by atoms with Crippen molar-refractivity contribution in [2.45, 2.75) is 6.54 Å². The normalized spacial score (nSPS) is 9.72. The number of nitrogens with two attached hydrogens (primary N) is 1. The minimum atomic E-state index is -0.274. The van der Waals surface area contributed by atoms with Gasteiger partial charge in [0.25, 0.3) is 5.91 Å². The van der Waals surface area contributed by atoms with Crippen molar-refractivity contribution in [2.75, 3.05) is 5.73 Å². The van der Waals surface area contributed by atoms with Crippen molar-refractivity contribution in [3.05, 3.63) is 47.2 Å². The summed E-state index contributed by atoms with van der Waals surface area (Å²) in [6.07, 6.45) is 0. The number of hydrogen-bond acceptors (Lipinski definition) is 4. The van der Waals surface area contributed by atoms with Gasteiger partial charge in [0.05, 0.1) is 11.6 Å². The molecule has 2 aromatic rings. The van der Waals surface area contributed by atoms with Gasteiger partial charge in [-0.2, -0.15) is 10.4 Å². The number of anilines is 1. The van der Waals surface area contributed by atoms with Crippen molar-refractivity contribution in [1.29, 1.82) is 5.26 Å². The summed E-state index contributed by atoms with van der Waals surface area (Å²) >= 11 is 0. The number of benzene rings is 1. The van der Waals surface area contributed by atoms with Crippen LogP contribution in [0.25, 0.3) is 0 Å². The van der Waals surface area contributed by atoms with Crippen LogP contribution in [-0.4, -0.2) is 16.1 Å². The number of rotatable bonds is 3. The maximum absolute atomic E-state index is 11.7. The van der Waals surface area contributed by atoms with E-state index in [1.165, 1.54) is 6.07 Å². The molecule has 18 heavy (non-hydrogen) atoms. The second-order valence-corrected chi connectivity index (χ2v) is 3.70. The minimum Gasteiger partial charge on any atom is -0.382 e. The van der Waals surface area contributed by atoms with Crippen molar-refractivity contribution in [1.82, 2.24) is 15.5 Å². The van der Waals surface area contributed by atoms with Gasteiger partial charge in [0, 0.05) is 12.6 Å². The molecule has 1 amide bonds. The summed E-state index contributed by atoms with van der Waals surface area (Å²) in [5.74, 6) is 0.00193. The number of nitriles is 1. The molecule has 0 spiro atoms. The number of carbonyl (C=O) groups excluding carboxylic acids is 1. The molecule has 1 aromatic heterocycles. The molecule has 0 saturated heterocycles. The topological polar surface area (TPSA) is 108 Å². The van der Waals surface area contributed by atoms with E-state index in [2.05, 4.69) is 15.5 Å². The van der Waals surface area contributed by atoms with Crippen molar-refractivity contribution >= 4 is 11.7 Å². The minimum absolute atomic E-state index is 0.274. The van der Waals surface area contributed by atoms with Crippen LogP contribution in [0.4, 0.5) is 5.82 Å². The highest BCUT2D eigenvalue weighted by Crippen LogP contribution is 2.04. The molecule has 0 fully saturated rings. The van der Waals surface area contributed by atoms with Crippen LogP contribution in [0.15, 0.2) is 30.3 Å². The fraction of sp³-hybridized carbons (Fsp3) is 0.0833. The van der Waals surface area contributed by atoms with Crippen LogP contribution in [-0.2, 0) is 6.54 Å². The summed E-state index contributed by atoms with van der Waals surface area (Å²) in [7, 11) is 0. The monoisotopic (exact) mass is 241 g/mol. The maximum atomic E-state index is 11.7. The van der Waals surface area contributed by atoms with Crippen LogP contribution in [0.3, 0.4) is 0 Å². The number of hydrogen-bond donors (Lipinski definition) is 3. The molecule has 0 radical (unpaired) electrons. The zero-order chi connectivity index (χ0) is 13.0. The zero-order valence-electron chi connectivity index (χ0n) is 9.47. The molecule has 0 atom stereocenters. The molecule has 6 nitrogen and oxygen atoms in total. The number of aromatic nitrogens is 2. The lowest BCUT2D eigenvalue weighted by Crippen LogP contribution is -2.23. The van der Waals surface area contributed by atoms with E-state index in [4.69, 9.17) is 11.0 Å². The standard InChI is InChI=1S/C12H11N5O/c13-6-8-1-3-9(4-2-8)7-15-12(18)10-5-11(14)17-16-10/h1-5H,7H2,(H,15,18)(H3,14,16,17). The average Bonchev–Trinajstić information content (AvgIpc) is 2.83. The third-order valence-corrected chi connectivity index (χ3v) is 2.38. The summed E-state index contributed by atoms with van der Waals surface area (Å²) < 4.78 is 0. The van der Waals surface area contributed by atoms with Crippen molar-refractivity contribution in [2.24, 2.45) is 0 Å². The number of nitrogens with one attached hydrogen (secondary N) is 2. The Hall–Kier alpha value is -2.81. The molecule has 6 heteroatoms. The summed E-state index contributed by atoms with van der Waals surface area (Å²) in [5.41, 5.74) is 7.22. The first-order valence-electron chi connectivity index (χ1n) is 5.27. The van der Waals surface area contributed by atoms with Gasteiger partial charge in [0.1, 0.15) is 11.5 Å². The van der Waals surface area contributed by atoms with E-state index in [0.717, 1.165) is 5.56 Å². The lowest BCUT2D eigenvalue weighted by atomic mass is 10.1. The highest BCUT2D eigenvalue weighted by Gasteiger charge is 2.07. The van der Waals surface area contributed by atoms with Gasteiger partial charge in [-0.3, -0.25) is 9.89 Å².